The molecular weight excluding hydrogens is 531 g/mol. The first kappa shape index (κ1) is 27.9. The third-order valence-corrected chi connectivity index (χ3v) is 8.85. The number of hydrogen-bond donors (Lipinski definition) is 1. The number of nitrogens with one attached hydrogen (secondary N) is 1. The van der Waals surface area contributed by atoms with E-state index in [-0.39, 0.29) is 30.6 Å². The first-order valence-electron chi connectivity index (χ1n) is 12.6. The number of aromatic nitrogens is 2. The van der Waals surface area contributed by atoms with Crippen LogP contribution in [0.3, 0.4) is 0 Å². The molecule has 0 radical (unpaired) electrons. The van der Waals surface area contributed by atoms with Crippen molar-refractivity contribution in [2.45, 2.75) is 49.1 Å². The first-order valence-corrected chi connectivity index (χ1v) is 14.5. The van der Waals surface area contributed by atoms with Crippen LogP contribution in [0.1, 0.15) is 41.9 Å². The van der Waals surface area contributed by atoms with Crippen molar-refractivity contribution in [3.63, 3.8) is 0 Å². The molecule has 10 heteroatoms. The first-order chi connectivity index (χ1) is 17.4. The fraction of sp³-hybridized carbons (Fsp3) is 0.444. The van der Waals surface area contributed by atoms with Gasteiger partial charge in [-0.05, 0) is 86.1 Å². The maximum absolute atomic E-state index is 12.4. The van der Waals surface area contributed by atoms with E-state index in [1.54, 1.807) is 11.6 Å². The van der Waals surface area contributed by atoms with Crippen molar-refractivity contribution < 1.29 is 13.2 Å². The number of hydrogen-bond acceptors (Lipinski definition) is 5. The number of imidazole rings is 1. The molecule has 2 atom stereocenters. The number of fused-ring (bicyclic) bond motifs is 1. The van der Waals surface area contributed by atoms with Gasteiger partial charge in [-0.15, -0.1) is 12.4 Å². The second kappa shape index (κ2) is 12.2. The van der Waals surface area contributed by atoms with Gasteiger partial charge in [-0.25, -0.2) is 18.1 Å². The molecule has 1 aliphatic carbocycles. The number of ether oxygens (including phenoxy) is 1. The van der Waals surface area contributed by atoms with E-state index in [1.807, 2.05) is 18.2 Å². The topological polar surface area (TPSA) is 76.5 Å². The van der Waals surface area contributed by atoms with Crippen LogP contribution in [0.5, 0.6) is 5.75 Å². The molecule has 7 nitrogen and oxygen atoms in total. The van der Waals surface area contributed by atoms with E-state index in [4.69, 9.17) is 16.3 Å². The molecule has 0 amide bonds. The lowest BCUT2D eigenvalue weighted by molar-refractivity contribution is 0.188. The van der Waals surface area contributed by atoms with Crippen LogP contribution in [0.4, 0.5) is 0 Å². The monoisotopic (exact) mass is 564 g/mol. The molecule has 37 heavy (non-hydrogen) atoms. The van der Waals surface area contributed by atoms with Crippen molar-refractivity contribution in [2.75, 3.05) is 26.2 Å². The maximum Gasteiger partial charge on any atom is 0.259 e. The normalized spacial score (nSPS) is 19.8. The summed E-state index contributed by atoms with van der Waals surface area (Å²) in [7, 11) is -1.91. The van der Waals surface area contributed by atoms with Crippen molar-refractivity contribution in [1.82, 2.24) is 19.2 Å². The molecule has 200 valence electrons. The summed E-state index contributed by atoms with van der Waals surface area (Å²) < 4.78 is 35.0. The van der Waals surface area contributed by atoms with Gasteiger partial charge in [-0.3, -0.25) is 4.90 Å². The summed E-state index contributed by atoms with van der Waals surface area (Å²) in [6, 6.07) is 15.0. The van der Waals surface area contributed by atoms with Crippen molar-refractivity contribution in [1.29, 1.82) is 0 Å². The maximum atomic E-state index is 12.4. The summed E-state index contributed by atoms with van der Waals surface area (Å²) in [6.45, 7) is 2.73. The Morgan fingerprint density at radius 1 is 1.16 bits per heavy atom. The van der Waals surface area contributed by atoms with E-state index >= 15 is 0 Å². The smallest absolute Gasteiger partial charge is 0.259 e. The zero-order valence-electron chi connectivity index (χ0n) is 21.0. The number of rotatable bonds is 9. The molecule has 1 fully saturated rings. The van der Waals surface area contributed by atoms with Gasteiger partial charge in [0, 0.05) is 36.8 Å². The average Bonchev–Trinajstić information content (AvgIpc) is 3.55. The molecule has 3 aromatic rings. The van der Waals surface area contributed by atoms with Crippen molar-refractivity contribution in [2.24, 2.45) is 7.05 Å². The van der Waals surface area contributed by atoms with Crippen molar-refractivity contribution >= 4 is 34.0 Å². The predicted molar refractivity (Wildman–Crippen MR) is 148 cm³/mol. The van der Waals surface area contributed by atoms with E-state index in [1.165, 1.54) is 55.1 Å². The Labute approximate surface area is 230 Å². The van der Waals surface area contributed by atoms with Gasteiger partial charge in [0.1, 0.15) is 12.4 Å². The summed E-state index contributed by atoms with van der Waals surface area (Å²) in [4.78, 5) is 6.58. The van der Waals surface area contributed by atoms with Gasteiger partial charge in [-0.2, -0.15) is 0 Å². The molecular formula is C27H34Cl2N4O3S. The minimum atomic E-state index is -3.65. The zero-order chi connectivity index (χ0) is 25.1. The summed E-state index contributed by atoms with van der Waals surface area (Å²) in [5.41, 5.74) is 3.96. The molecule has 1 aliphatic heterocycles. The van der Waals surface area contributed by atoms with Gasteiger partial charge < -0.3 is 9.30 Å². The highest BCUT2D eigenvalue weighted by atomic mass is 35.5. The van der Waals surface area contributed by atoms with E-state index in [0.717, 1.165) is 30.0 Å². The Bertz CT molecular complexity index is 1310. The predicted octanol–water partition coefficient (Wildman–Crippen LogP) is 4.59. The van der Waals surface area contributed by atoms with Crippen LogP contribution in [-0.4, -0.2) is 55.2 Å². The lowest BCUT2D eigenvalue weighted by Crippen LogP contribution is -2.41. The molecule has 2 heterocycles. The number of halogens is 2. The molecule has 1 saturated heterocycles. The molecule has 2 aliphatic rings. The van der Waals surface area contributed by atoms with E-state index < -0.39 is 10.0 Å². The number of likely N-dealkylation sites (tertiary alicyclic amines) is 1. The highest BCUT2D eigenvalue weighted by molar-refractivity contribution is 7.89. The largest absolute Gasteiger partial charge is 0.492 e. The minimum Gasteiger partial charge on any atom is -0.492 e. The fourth-order valence-corrected chi connectivity index (χ4v) is 6.77. The summed E-state index contributed by atoms with van der Waals surface area (Å²) in [6.07, 6.45) is 8.63. The summed E-state index contributed by atoms with van der Waals surface area (Å²) in [5, 5.41) is 0.780. The number of nitrogens with zero attached hydrogens (tertiary/aromatic N) is 3. The zero-order valence-corrected chi connectivity index (χ0v) is 23.4. The third kappa shape index (κ3) is 6.67. The minimum absolute atomic E-state index is 0. The van der Waals surface area contributed by atoms with Crippen LogP contribution >= 0.6 is 24.0 Å². The molecule has 1 N–H and O–H groups in total. The van der Waals surface area contributed by atoms with Gasteiger partial charge in [0.15, 0.2) is 5.03 Å². The molecule has 0 spiro atoms. The quantitative estimate of drug-likeness (QED) is 0.384. The average molecular weight is 566 g/mol. The van der Waals surface area contributed by atoms with Crippen LogP contribution < -0.4 is 9.46 Å². The number of benzene rings is 2. The summed E-state index contributed by atoms with van der Waals surface area (Å²) >= 11 is 6.31. The van der Waals surface area contributed by atoms with E-state index in [0.29, 0.717) is 12.0 Å². The van der Waals surface area contributed by atoms with Crippen LogP contribution in [0.25, 0.3) is 0 Å². The van der Waals surface area contributed by atoms with Crippen LogP contribution in [0, 0.1) is 0 Å². The number of aryl methyl sites for hydroxylation is 2. The Morgan fingerprint density at radius 3 is 2.70 bits per heavy atom. The highest BCUT2D eigenvalue weighted by Gasteiger charge is 2.35. The highest BCUT2D eigenvalue weighted by Crippen LogP contribution is 2.40. The molecule has 1 aromatic heterocycles. The van der Waals surface area contributed by atoms with E-state index in [2.05, 4.69) is 38.9 Å². The third-order valence-electron chi connectivity index (χ3n) is 7.26. The van der Waals surface area contributed by atoms with Crippen molar-refractivity contribution in [3.05, 3.63) is 76.7 Å². The number of sulfonamides is 1. The molecule has 0 bridgehead atoms. The fourth-order valence-electron chi connectivity index (χ4n) is 5.57. The Kier molecular flexibility index (Phi) is 9.19. The SMILES string of the molecule is Cl.Cn1cnc(S(=O)(=O)NCCOc2ccc3c(c2)C(Cc2cccc(Cl)c2)C(N2CCCC2)CC3)c1. The van der Waals surface area contributed by atoms with Gasteiger partial charge in [0.05, 0.1) is 6.33 Å². The lowest BCUT2D eigenvalue weighted by Gasteiger charge is -2.39. The Hall–Kier alpha value is -2.10. The lowest BCUT2D eigenvalue weighted by atomic mass is 9.75. The molecule has 2 aromatic carbocycles. The summed E-state index contributed by atoms with van der Waals surface area (Å²) in [5.74, 6) is 1.13. The van der Waals surface area contributed by atoms with Gasteiger partial charge in [-0.1, -0.05) is 29.8 Å². The van der Waals surface area contributed by atoms with Gasteiger partial charge >= 0.3 is 0 Å². The van der Waals surface area contributed by atoms with Crippen LogP contribution in [0.15, 0.2) is 60.0 Å². The molecule has 2 unspecified atom stereocenters. The van der Waals surface area contributed by atoms with Gasteiger partial charge in [0.2, 0.25) is 0 Å². The van der Waals surface area contributed by atoms with Crippen LogP contribution in [-0.2, 0) is 29.9 Å². The standard InChI is InChI=1S/C27H33ClN4O3S.ClH/c1-31-18-27(29-19-31)36(33,34)30-11-14-35-23-9-7-21-8-10-26(32-12-2-3-13-32)25(24(21)17-23)16-20-5-4-6-22(28)15-20;/h4-7,9,15,17-19,25-26,30H,2-3,8,10-14,16H2,1H3;1H. The van der Waals surface area contributed by atoms with Crippen LogP contribution in [0.2, 0.25) is 5.02 Å². The molecule has 5 rings (SSSR count). The second-order valence-electron chi connectivity index (χ2n) is 9.77. The molecule has 0 saturated carbocycles. The Morgan fingerprint density at radius 2 is 1.97 bits per heavy atom. The van der Waals surface area contributed by atoms with Gasteiger partial charge in [0.25, 0.3) is 10.0 Å². The van der Waals surface area contributed by atoms with E-state index in [9.17, 15) is 8.42 Å². The van der Waals surface area contributed by atoms with Crippen molar-refractivity contribution in [3.8, 4) is 5.75 Å². The second-order valence-corrected chi connectivity index (χ2v) is 11.9. The Balaban J connectivity index is 0.00000320.